The molecule has 1 aliphatic heterocycles. The number of hydrogen-bond donors (Lipinski definition) is 2. The highest BCUT2D eigenvalue weighted by Gasteiger charge is 2.39. The van der Waals surface area contributed by atoms with Crippen molar-refractivity contribution in [3.8, 4) is 17.2 Å². The first-order valence-electron chi connectivity index (χ1n) is 9.57. The number of methoxy groups -OCH3 is 2. The molecular weight excluding hydrogens is 370 g/mol. The Balaban J connectivity index is 1.74. The van der Waals surface area contributed by atoms with Gasteiger partial charge in [0.05, 0.1) is 14.2 Å². The van der Waals surface area contributed by atoms with Gasteiger partial charge in [0, 0.05) is 41.5 Å². The average molecular weight is 393 g/mol. The molecule has 2 N–H and O–H groups in total. The van der Waals surface area contributed by atoms with Crippen LogP contribution in [0.15, 0.2) is 53.7 Å². The van der Waals surface area contributed by atoms with Gasteiger partial charge in [-0.3, -0.25) is 9.59 Å². The molecule has 150 valence electrons. The van der Waals surface area contributed by atoms with Crippen LogP contribution in [0, 0.1) is 0 Å². The molecule has 2 aliphatic rings. The van der Waals surface area contributed by atoms with Gasteiger partial charge in [0.2, 0.25) is 5.91 Å². The Bertz CT molecular complexity index is 1010. The van der Waals surface area contributed by atoms with E-state index in [-0.39, 0.29) is 35.7 Å². The fourth-order valence-corrected chi connectivity index (χ4v) is 4.36. The zero-order valence-electron chi connectivity index (χ0n) is 16.4. The van der Waals surface area contributed by atoms with E-state index in [0.717, 1.165) is 11.1 Å². The second-order valence-corrected chi connectivity index (χ2v) is 7.43. The molecule has 2 aromatic carbocycles. The molecule has 0 aromatic heterocycles. The van der Waals surface area contributed by atoms with E-state index in [4.69, 9.17) is 9.47 Å². The highest BCUT2D eigenvalue weighted by Crippen LogP contribution is 2.45. The first kappa shape index (κ1) is 19.1. The van der Waals surface area contributed by atoms with Gasteiger partial charge in [0.25, 0.3) is 0 Å². The van der Waals surface area contributed by atoms with Crippen LogP contribution in [0.1, 0.15) is 42.2 Å². The number of nitrogens with one attached hydrogen (secondary N) is 1. The number of aromatic hydroxyl groups is 1. The summed E-state index contributed by atoms with van der Waals surface area (Å²) in [5, 5.41) is 12.8. The number of carbonyl (C=O) groups is 2. The summed E-state index contributed by atoms with van der Waals surface area (Å²) in [5.41, 5.74) is 2.98. The summed E-state index contributed by atoms with van der Waals surface area (Å²) >= 11 is 0. The molecule has 0 fully saturated rings. The van der Waals surface area contributed by atoms with Gasteiger partial charge < -0.3 is 19.9 Å². The van der Waals surface area contributed by atoms with Crippen molar-refractivity contribution in [1.29, 1.82) is 0 Å². The highest BCUT2D eigenvalue weighted by atomic mass is 16.5. The third-order valence-electron chi connectivity index (χ3n) is 5.69. The molecule has 1 amide bonds. The summed E-state index contributed by atoms with van der Waals surface area (Å²) in [6.45, 7) is 0. The van der Waals surface area contributed by atoms with Crippen molar-refractivity contribution in [3.05, 3.63) is 64.9 Å². The third kappa shape index (κ3) is 3.58. The molecule has 0 bridgehead atoms. The van der Waals surface area contributed by atoms with Crippen LogP contribution in [0.25, 0.3) is 0 Å². The molecule has 0 spiro atoms. The van der Waals surface area contributed by atoms with E-state index >= 15 is 0 Å². The summed E-state index contributed by atoms with van der Waals surface area (Å²) in [5.74, 6) is 0.939. The molecule has 2 atom stereocenters. The first-order valence-corrected chi connectivity index (χ1v) is 9.57. The lowest BCUT2D eigenvalue weighted by Gasteiger charge is -2.35. The van der Waals surface area contributed by atoms with Crippen LogP contribution < -0.4 is 14.8 Å². The predicted octanol–water partition coefficient (Wildman–Crippen LogP) is 3.41. The van der Waals surface area contributed by atoms with Crippen molar-refractivity contribution in [2.75, 3.05) is 14.2 Å². The molecule has 1 heterocycles. The largest absolute Gasteiger partial charge is 0.508 e. The van der Waals surface area contributed by atoms with E-state index in [9.17, 15) is 14.7 Å². The van der Waals surface area contributed by atoms with Crippen molar-refractivity contribution in [2.45, 2.75) is 31.1 Å². The molecule has 1 aliphatic carbocycles. The van der Waals surface area contributed by atoms with E-state index in [1.165, 1.54) is 0 Å². The number of amides is 1. The van der Waals surface area contributed by atoms with E-state index in [0.29, 0.717) is 35.6 Å². The Hall–Kier alpha value is -3.28. The molecule has 6 heteroatoms. The molecule has 6 nitrogen and oxygen atoms in total. The van der Waals surface area contributed by atoms with Crippen molar-refractivity contribution in [3.63, 3.8) is 0 Å². The van der Waals surface area contributed by atoms with Gasteiger partial charge >= 0.3 is 0 Å². The van der Waals surface area contributed by atoms with Crippen molar-refractivity contribution < 1.29 is 24.2 Å². The average Bonchev–Trinajstić information content (AvgIpc) is 2.72. The Labute approximate surface area is 169 Å². The quantitative estimate of drug-likeness (QED) is 0.832. The minimum Gasteiger partial charge on any atom is -0.508 e. The number of phenolic OH excluding ortho intramolecular Hbond substituents is 1. The van der Waals surface area contributed by atoms with Gasteiger partial charge in [-0.25, -0.2) is 0 Å². The number of phenols is 1. The van der Waals surface area contributed by atoms with Gasteiger partial charge in [-0.15, -0.1) is 0 Å². The number of Topliss-reactive ketones (excluding diaryl/α,β-unsaturated/α-hetero) is 1. The maximum absolute atomic E-state index is 13.2. The molecule has 0 saturated heterocycles. The summed E-state index contributed by atoms with van der Waals surface area (Å²) in [6.07, 6.45) is 1.06. The zero-order chi connectivity index (χ0) is 20.5. The smallest absolute Gasteiger partial charge is 0.225 e. The van der Waals surface area contributed by atoms with E-state index in [1.54, 1.807) is 32.4 Å². The summed E-state index contributed by atoms with van der Waals surface area (Å²) in [6, 6.07) is 12.3. The summed E-state index contributed by atoms with van der Waals surface area (Å²) < 4.78 is 10.8. The molecular formula is C23H23NO5. The Morgan fingerprint density at radius 2 is 1.83 bits per heavy atom. The van der Waals surface area contributed by atoms with Gasteiger partial charge in [-0.2, -0.15) is 0 Å². The lowest BCUT2D eigenvalue weighted by Crippen LogP contribution is -2.38. The van der Waals surface area contributed by atoms with E-state index < -0.39 is 0 Å². The minimum atomic E-state index is -0.341. The fourth-order valence-electron chi connectivity index (χ4n) is 4.36. The van der Waals surface area contributed by atoms with Gasteiger partial charge in [0.15, 0.2) is 5.78 Å². The maximum atomic E-state index is 13.2. The number of ether oxygens (including phenoxy) is 2. The standard InChI is InChI=1S/C23H23NO5/c1-28-16-6-7-21(29-2)17(11-16)14-9-19-23(20(26)10-14)18(12-22(27)24-19)13-4-3-5-15(25)8-13/h3-8,11,14,18,25H,9-10,12H2,1-2H3,(H,24,27)/t14-,18+/m1/s1. The monoisotopic (exact) mass is 393 g/mol. The molecule has 4 rings (SSSR count). The van der Waals surface area contributed by atoms with Crippen LogP contribution in [0.5, 0.6) is 17.2 Å². The summed E-state index contributed by atoms with van der Waals surface area (Å²) in [4.78, 5) is 25.6. The van der Waals surface area contributed by atoms with Crippen molar-refractivity contribution in [1.82, 2.24) is 5.32 Å². The number of allylic oxidation sites excluding steroid dienone is 2. The topological polar surface area (TPSA) is 84.9 Å². The lowest BCUT2D eigenvalue weighted by molar-refractivity contribution is -0.122. The third-order valence-corrected chi connectivity index (χ3v) is 5.69. The molecule has 0 saturated carbocycles. The van der Waals surface area contributed by atoms with Crippen LogP contribution in [0.2, 0.25) is 0 Å². The van der Waals surface area contributed by atoms with Crippen molar-refractivity contribution in [2.24, 2.45) is 0 Å². The van der Waals surface area contributed by atoms with Gasteiger partial charge in [0.1, 0.15) is 17.2 Å². The molecule has 29 heavy (non-hydrogen) atoms. The number of carbonyl (C=O) groups excluding carboxylic acids is 2. The van der Waals surface area contributed by atoms with Crippen LogP contribution >= 0.6 is 0 Å². The Morgan fingerprint density at radius 3 is 2.55 bits per heavy atom. The molecule has 0 unspecified atom stereocenters. The summed E-state index contributed by atoms with van der Waals surface area (Å²) in [7, 11) is 3.19. The number of hydrogen-bond acceptors (Lipinski definition) is 5. The normalized spacial score (nSPS) is 21.4. The maximum Gasteiger partial charge on any atom is 0.225 e. The van der Waals surface area contributed by atoms with Crippen LogP contribution in [0.3, 0.4) is 0 Å². The van der Waals surface area contributed by atoms with Crippen molar-refractivity contribution >= 4 is 11.7 Å². The number of benzene rings is 2. The first-order chi connectivity index (χ1) is 14.0. The van der Waals surface area contributed by atoms with Crippen LogP contribution in [-0.4, -0.2) is 31.0 Å². The second-order valence-electron chi connectivity index (χ2n) is 7.43. The lowest BCUT2D eigenvalue weighted by atomic mass is 9.73. The molecule has 0 radical (unpaired) electrons. The minimum absolute atomic E-state index is 0.00876. The van der Waals surface area contributed by atoms with Gasteiger partial charge in [-0.05, 0) is 42.3 Å². The van der Waals surface area contributed by atoms with Crippen LogP contribution in [-0.2, 0) is 9.59 Å². The Kier molecular flexibility index (Phi) is 5.01. The van der Waals surface area contributed by atoms with Gasteiger partial charge in [-0.1, -0.05) is 12.1 Å². The Morgan fingerprint density at radius 1 is 1.00 bits per heavy atom. The molecule has 2 aromatic rings. The fraction of sp³-hybridized carbons (Fsp3) is 0.304. The SMILES string of the molecule is COc1ccc(OC)c([C@H]2CC(=O)C3=C(C2)NC(=O)C[C@H]3c2cccc(O)c2)c1. The zero-order valence-corrected chi connectivity index (χ0v) is 16.4. The number of ketones is 1. The highest BCUT2D eigenvalue weighted by molar-refractivity contribution is 6.02. The van der Waals surface area contributed by atoms with E-state index in [1.807, 2.05) is 24.3 Å². The van der Waals surface area contributed by atoms with E-state index in [2.05, 4.69) is 5.32 Å². The number of rotatable bonds is 4. The second kappa shape index (κ2) is 7.62. The van der Waals surface area contributed by atoms with Crippen LogP contribution in [0.4, 0.5) is 0 Å². The predicted molar refractivity (Wildman–Crippen MR) is 107 cm³/mol.